The van der Waals surface area contributed by atoms with Crippen LogP contribution in [0.25, 0.3) is 11.4 Å². The molecule has 23 heavy (non-hydrogen) atoms. The van der Waals surface area contributed by atoms with Crippen molar-refractivity contribution in [1.29, 1.82) is 0 Å². The van der Waals surface area contributed by atoms with Gasteiger partial charge in [0.05, 0.1) is 0 Å². The van der Waals surface area contributed by atoms with Gasteiger partial charge < -0.3 is 4.74 Å². The van der Waals surface area contributed by atoms with Gasteiger partial charge in [-0.2, -0.15) is 5.10 Å². The topological polar surface area (TPSA) is 50.8 Å². The lowest BCUT2D eigenvalue weighted by Crippen LogP contribution is -2.07. The summed E-state index contributed by atoms with van der Waals surface area (Å²) in [6, 6.07) is 15.6. The van der Waals surface area contributed by atoms with Crippen LogP contribution in [0.1, 0.15) is 17.5 Å². The van der Waals surface area contributed by atoms with E-state index in [2.05, 4.69) is 31.1 Å². The van der Waals surface area contributed by atoms with Crippen molar-refractivity contribution in [3.63, 3.8) is 0 Å². The van der Waals surface area contributed by atoms with Crippen molar-refractivity contribution in [3.8, 4) is 11.4 Å². The highest BCUT2D eigenvalue weighted by molar-refractivity contribution is 9.10. The second-order valence-corrected chi connectivity index (χ2v) is 6.46. The van der Waals surface area contributed by atoms with E-state index >= 15 is 0 Å². The summed E-state index contributed by atoms with van der Waals surface area (Å²) in [4.78, 5) is 4.56. The molecule has 1 aromatic heterocycles. The summed E-state index contributed by atoms with van der Waals surface area (Å²) in [7, 11) is 1.66. The highest BCUT2D eigenvalue weighted by Crippen LogP contribution is 2.23. The number of rotatable bonds is 5. The third-order valence-electron chi connectivity index (χ3n) is 3.50. The number of benzene rings is 2. The molecule has 0 aliphatic carbocycles. The maximum absolute atomic E-state index is 6.03. The van der Waals surface area contributed by atoms with Gasteiger partial charge in [-0.3, -0.25) is 5.10 Å². The number of aromatic amines is 1. The fourth-order valence-electron chi connectivity index (χ4n) is 2.31. The summed E-state index contributed by atoms with van der Waals surface area (Å²) in [5, 5.41) is 7.98. The van der Waals surface area contributed by atoms with Crippen LogP contribution in [0.5, 0.6) is 0 Å². The molecule has 3 rings (SSSR count). The summed E-state index contributed by atoms with van der Waals surface area (Å²) in [6.07, 6.45) is 0.434. The summed E-state index contributed by atoms with van der Waals surface area (Å²) < 4.78 is 6.58. The van der Waals surface area contributed by atoms with Crippen molar-refractivity contribution in [2.45, 2.75) is 12.5 Å². The van der Waals surface area contributed by atoms with Gasteiger partial charge in [0.2, 0.25) is 0 Å². The lowest BCUT2D eigenvalue weighted by atomic mass is 10.1. The van der Waals surface area contributed by atoms with Crippen LogP contribution in [-0.4, -0.2) is 22.3 Å². The van der Waals surface area contributed by atoms with Crippen LogP contribution in [0.2, 0.25) is 5.02 Å². The second kappa shape index (κ2) is 7.25. The molecule has 3 aromatic rings. The lowest BCUT2D eigenvalue weighted by molar-refractivity contribution is 0.0964. The molecule has 6 heteroatoms. The third-order valence-corrected chi connectivity index (χ3v) is 4.27. The Morgan fingerprint density at radius 3 is 2.70 bits per heavy atom. The maximum Gasteiger partial charge on any atom is 0.180 e. The Kier molecular flexibility index (Phi) is 5.10. The predicted molar refractivity (Wildman–Crippen MR) is 94.4 cm³/mol. The minimum Gasteiger partial charge on any atom is -0.373 e. The zero-order chi connectivity index (χ0) is 16.2. The third kappa shape index (κ3) is 3.99. The van der Waals surface area contributed by atoms with E-state index in [1.54, 1.807) is 7.11 Å². The monoisotopic (exact) mass is 391 g/mol. The average Bonchev–Trinajstić information content (AvgIpc) is 3.03. The van der Waals surface area contributed by atoms with Gasteiger partial charge in [-0.05, 0) is 29.8 Å². The van der Waals surface area contributed by atoms with Crippen molar-refractivity contribution in [2.75, 3.05) is 7.11 Å². The molecule has 0 bridgehead atoms. The highest BCUT2D eigenvalue weighted by Gasteiger charge is 2.17. The first-order chi connectivity index (χ1) is 11.2. The van der Waals surface area contributed by atoms with Gasteiger partial charge >= 0.3 is 0 Å². The predicted octanol–water partition coefficient (Wildman–Crippen LogP) is 4.82. The molecule has 0 aliphatic heterocycles. The SMILES string of the molecule is COC(Cc1cccc(Cl)c1)c1n[nH]c(-c2ccc(Br)cc2)n1. The molecule has 0 saturated heterocycles. The summed E-state index contributed by atoms with van der Waals surface area (Å²) in [5.41, 5.74) is 2.06. The van der Waals surface area contributed by atoms with Gasteiger partial charge in [0.1, 0.15) is 6.10 Å². The molecule has 118 valence electrons. The van der Waals surface area contributed by atoms with Crippen LogP contribution in [0.15, 0.2) is 53.0 Å². The number of H-pyrrole nitrogens is 1. The Bertz CT molecular complexity index is 789. The number of halogens is 2. The Morgan fingerprint density at radius 1 is 1.22 bits per heavy atom. The quantitative estimate of drug-likeness (QED) is 0.677. The van der Waals surface area contributed by atoms with E-state index in [1.165, 1.54) is 0 Å². The Hall–Kier alpha value is -1.69. The molecule has 1 N–H and O–H groups in total. The number of hydrogen-bond donors (Lipinski definition) is 1. The summed E-state index contributed by atoms with van der Waals surface area (Å²) >= 11 is 9.46. The molecule has 1 heterocycles. The van der Waals surface area contributed by atoms with E-state index in [0.29, 0.717) is 17.3 Å². The number of aromatic nitrogens is 3. The molecule has 2 aromatic carbocycles. The Morgan fingerprint density at radius 2 is 2.00 bits per heavy atom. The van der Waals surface area contributed by atoms with E-state index in [9.17, 15) is 0 Å². The van der Waals surface area contributed by atoms with Crippen LogP contribution < -0.4 is 0 Å². The maximum atomic E-state index is 6.03. The van der Waals surface area contributed by atoms with Gasteiger partial charge in [-0.15, -0.1) is 0 Å². The number of methoxy groups -OCH3 is 1. The average molecular weight is 393 g/mol. The van der Waals surface area contributed by atoms with Crippen molar-refractivity contribution < 1.29 is 4.74 Å². The van der Waals surface area contributed by atoms with Crippen LogP contribution in [-0.2, 0) is 11.2 Å². The van der Waals surface area contributed by atoms with Crippen LogP contribution >= 0.6 is 27.5 Å². The lowest BCUT2D eigenvalue weighted by Gasteiger charge is -2.11. The molecule has 0 aliphatic rings. The van der Waals surface area contributed by atoms with E-state index in [4.69, 9.17) is 16.3 Å². The van der Waals surface area contributed by atoms with Crippen molar-refractivity contribution in [2.24, 2.45) is 0 Å². The smallest absolute Gasteiger partial charge is 0.180 e. The number of nitrogens with zero attached hydrogens (tertiary/aromatic N) is 2. The second-order valence-electron chi connectivity index (χ2n) is 5.11. The Balaban J connectivity index is 1.81. The first kappa shape index (κ1) is 16.2. The Labute approximate surface area is 148 Å². The molecule has 1 unspecified atom stereocenters. The molecule has 0 amide bonds. The van der Waals surface area contributed by atoms with Crippen molar-refractivity contribution in [1.82, 2.24) is 15.2 Å². The van der Waals surface area contributed by atoms with Gasteiger partial charge in [0.25, 0.3) is 0 Å². The molecule has 0 saturated carbocycles. The van der Waals surface area contributed by atoms with Crippen molar-refractivity contribution >= 4 is 27.5 Å². The van der Waals surface area contributed by atoms with Gasteiger partial charge in [0.15, 0.2) is 11.6 Å². The molecule has 4 nitrogen and oxygen atoms in total. The number of ether oxygens (including phenoxy) is 1. The molecule has 0 spiro atoms. The van der Waals surface area contributed by atoms with Crippen LogP contribution in [0, 0.1) is 0 Å². The summed E-state index contributed by atoms with van der Waals surface area (Å²) in [6.45, 7) is 0. The highest BCUT2D eigenvalue weighted by atomic mass is 79.9. The summed E-state index contributed by atoms with van der Waals surface area (Å²) in [5.74, 6) is 1.35. The molecule has 0 radical (unpaired) electrons. The van der Waals surface area contributed by atoms with E-state index in [1.807, 2.05) is 48.5 Å². The number of hydrogen-bond acceptors (Lipinski definition) is 3. The molecular weight excluding hydrogens is 378 g/mol. The first-order valence-corrected chi connectivity index (χ1v) is 8.28. The van der Waals surface area contributed by atoms with Crippen molar-refractivity contribution in [3.05, 3.63) is 69.4 Å². The molecule has 0 fully saturated rings. The molecular formula is C17H15BrClN3O. The largest absolute Gasteiger partial charge is 0.373 e. The van der Waals surface area contributed by atoms with Gasteiger partial charge in [0, 0.05) is 28.6 Å². The normalized spacial score (nSPS) is 12.3. The zero-order valence-corrected chi connectivity index (χ0v) is 14.8. The fraction of sp³-hybridized carbons (Fsp3) is 0.176. The standard InChI is InChI=1S/C17H15BrClN3O/c1-23-15(10-11-3-2-4-14(19)9-11)17-20-16(21-22-17)12-5-7-13(18)8-6-12/h2-9,15H,10H2,1H3,(H,20,21,22). The van der Waals surface area contributed by atoms with E-state index < -0.39 is 0 Å². The van der Waals surface area contributed by atoms with Gasteiger partial charge in [-0.1, -0.05) is 51.8 Å². The molecule has 1 atom stereocenters. The minimum atomic E-state index is -0.228. The van der Waals surface area contributed by atoms with E-state index in [-0.39, 0.29) is 6.10 Å². The fourth-order valence-corrected chi connectivity index (χ4v) is 2.79. The minimum absolute atomic E-state index is 0.228. The number of nitrogens with one attached hydrogen (secondary N) is 1. The van der Waals surface area contributed by atoms with E-state index in [0.717, 1.165) is 21.4 Å². The first-order valence-electron chi connectivity index (χ1n) is 7.11. The van der Waals surface area contributed by atoms with Gasteiger partial charge in [-0.25, -0.2) is 4.98 Å². The van der Waals surface area contributed by atoms with Crippen LogP contribution in [0.4, 0.5) is 0 Å². The van der Waals surface area contributed by atoms with Crippen LogP contribution in [0.3, 0.4) is 0 Å². The zero-order valence-electron chi connectivity index (χ0n) is 12.5.